The van der Waals surface area contributed by atoms with E-state index in [1.54, 1.807) is 0 Å². The third kappa shape index (κ3) is 2.72. The predicted octanol–water partition coefficient (Wildman–Crippen LogP) is 1.08. The molecule has 2 aliphatic heterocycles. The number of aryl methyl sites for hydroxylation is 1. The number of nitrogens with one attached hydrogen (secondary N) is 1. The van der Waals surface area contributed by atoms with E-state index in [0.29, 0.717) is 31.2 Å². The highest BCUT2D eigenvalue weighted by Crippen LogP contribution is 2.26. The van der Waals surface area contributed by atoms with E-state index in [2.05, 4.69) is 10.2 Å². The molecule has 0 bridgehead atoms. The molecule has 0 radical (unpaired) electrons. The summed E-state index contributed by atoms with van der Waals surface area (Å²) in [6.07, 6.45) is 5.81. The monoisotopic (exact) mass is 356 g/mol. The fourth-order valence-corrected chi connectivity index (χ4v) is 4.30. The van der Waals surface area contributed by atoms with Crippen molar-refractivity contribution < 1.29 is 9.53 Å². The summed E-state index contributed by atoms with van der Waals surface area (Å²) in [5.74, 6) is 2.40. The van der Waals surface area contributed by atoms with Crippen LogP contribution in [0.15, 0.2) is 0 Å². The number of aromatic nitrogens is 5. The average molecular weight is 356 g/mol. The highest BCUT2D eigenvalue weighted by Gasteiger charge is 2.29. The third-order valence-electron chi connectivity index (χ3n) is 5.83. The number of fused-ring (bicyclic) bond motifs is 2. The van der Waals surface area contributed by atoms with Gasteiger partial charge in [0.25, 0.3) is 5.91 Å². The zero-order valence-electron chi connectivity index (χ0n) is 14.9. The minimum Gasteiger partial charge on any atom is -0.381 e. The summed E-state index contributed by atoms with van der Waals surface area (Å²) >= 11 is 0. The Morgan fingerprint density at radius 1 is 1.12 bits per heavy atom. The predicted molar refractivity (Wildman–Crippen MR) is 93.0 cm³/mol. The first kappa shape index (κ1) is 16.0. The van der Waals surface area contributed by atoms with Crippen LogP contribution >= 0.6 is 0 Å². The van der Waals surface area contributed by atoms with Gasteiger partial charge in [0.1, 0.15) is 5.82 Å². The van der Waals surface area contributed by atoms with Gasteiger partial charge in [-0.05, 0) is 32.1 Å². The SMILES string of the molecule is O=C(c1n[nH]c2c1CCC2)N1CCc2nc(C3CCOCC3)nn2CC1. The lowest BCUT2D eigenvalue weighted by molar-refractivity contribution is 0.0749. The Bertz CT molecular complexity index is 794. The number of hydrogen-bond donors (Lipinski definition) is 1. The molecule has 4 heterocycles. The molecule has 1 fully saturated rings. The molecular formula is C18H24N6O2. The van der Waals surface area contributed by atoms with Gasteiger partial charge in [-0.1, -0.05) is 0 Å². The lowest BCUT2D eigenvalue weighted by atomic mass is 10.00. The van der Waals surface area contributed by atoms with Gasteiger partial charge in [0.2, 0.25) is 0 Å². The third-order valence-corrected chi connectivity index (χ3v) is 5.83. The lowest BCUT2D eigenvalue weighted by Gasteiger charge is -2.20. The zero-order chi connectivity index (χ0) is 17.5. The van der Waals surface area contributed by atoms with Gasteiger partial charge in [0.15, 0.2) is 11.5 Å². The molecule has 0 aromatic carbocycles. The van der Waals surface area contributed by atoms with Crippen LogP contribution in [0.3, 0.4) is 0 Å². The highest BCUT2D eigenvalue weighted by molar-refractivity contribution is 5.94. The number of nitrogens with zero attached hydrogens (tertiary/aromatic N) is 5. The Hall–Kier alpha value is -2.22. The molecule has 1 N–H and O–H groups in total. The first-order chi connectivity index (χ1) is 12.8. The fourth-order valence-electron chi connectivity index (χ4n) is 4.30. The van der Waals surface area contributed by atoms with Crippen LogP contribution in [-0.2, 0) is 30.5 Å². The van der Waals surface area contributed by atoms with Crippen molar-refractivity contribution in [2.24, 2.45) is 0 Å². The second-order valence-electron chi connectivity index (χ2n) is 7.42. The first-order valence-electron chi connectivity index (χ1n) is 9.66. The number of ether oxygens (including phenoxy) is 1. The van der Waals surface area contributed by atoms with E-state index in [1.807, 2.05) is 9.58 Å². The van der Waals surface area contributed by atoms with Gasteiger partial charge in [-0.3, -0.25) is 9.89 Å². The van der Waals surface area contributed by atoms with Gasteiger partial charge in [-0.25, -0.2) is 9.67 Å². The standard InChI is InChI=1S/C18H24N6O2/c25-18(16-13-2-1-3-14(13)20-21-16)23-7-4-15-19-17(22-24(15)9-8-23)12-5-10-26-11-6-12/h12H,1-11H2,(H,20,21). The van der Waals surface area contributed by atoms with Crippen LogP contribution in [0.5, 0.6) is 0 Å². The Morgan fingerprint density at radius 3 is 2.88 bits per heavy atom. The van der Waals surface area contributed by atoms with Crippen LogP contribution in [0.25, 0.3) is 0 Å². The summed E-state index contributed by atoms with van der Waals surface area (Å²) in [6, 6.07) is 0. The Kier molecular flexibility index (Phi) is 4.00. The van der Waals surface area contributed by atoms with Crippen molar-refractivity contribution in [2.75, 3.05) is 26.3 Å². The Morgan fingerprint density at radius 2 is 2.00 bits per heavy atom. The second kappa shape index (κ2) is 6.50. The smallest absolute Gasteiger partial charge is 0.274 e. The number of rotatable bonds is 2. The van der Waals surface area contributed by atoms with Crippen LogP contribution < -0.4 is 0 Å². The van der Waals surface area contributed by atoms with Crippen LogP contribution in [0.4, 0.5) is 0 Å². The van der Waals surface area contributed by atoms with E-state index in [-0.39, 0.29) is 5.91 Å². The van der Waals surface area contributed by atoms with Gasteiger partial charge in [-0.15, -0.1) is 0 Å². The van der Waals surface area contributed by atoms with E-state index in [0.717, 1.165) is 74.6 Å². The maximum atomic E-state index is 12.9. The number of H-pyrrole nitrogens is 1. The second-order valence-corrected chi connectivity index (χ2v) is 7.42. The molecule has 2 aromatic heterocycles. The maximum absolute atomic E-state index is 12.9. The fraction of sp³-hybridized carbons (Fsp3) is 0.667. The maximum Gasteiger partial charge on any atom is 0.274 e. The van der Waals surface area contributed by atoms with E-state index in [1.165, 1.54) is 0 Å². The molecule has 1 saturated heterocycles. The van der Waals surface area contributed by atoms with Crippen molar-refractivity contribution in [1.82, 2.24) is 29.9 Å². The topological polar surface area (TPSA) is 88.9 Å². The van der Waals surface area contributed by atoms with Crippen molar-refractivity contribution in [3.05, 3.63) is 28.6 Å². The van der Waals surface area contributed by atoms with Crippen molar-refractivity contribution in [1.29, 1.82) is 0 Å². The van der Waals surface area contributed by atoms with Gasteiger partial charge in [0.05, 0.1) is 6.54 Å². The number of aromatic amines is 1. The van der Waals surface area contributed by atoms with E-state index < -0.39 is 0 Å². The van der Waals surface area contributed by atoms with Crippen molar-refractivity contribution in [3.63, 3.8) is 0 Å². The highest BCUT2D eigenvalue weighted by atomic mass is 16.5. The lowest BCUT2D eigenvalue weighted by Crippen LogP contribution is -2.34. The van der Waals surface area contributed by atoms with Gasteiger partial charge >= 0.3 is 0 Å². The minimum absolute atomic E-state index is 0.0415. The minimum atomic E-state index is 0.0415. The number of carbonyl (C=O) groups is 1. The molecule has 0 saturated carbocycles. The van der Waals surface area contributed by atoms with E-state index >= 15 is 0 Å². The Balaban J connectivity index is 1.30. The molecule has 138 valence electrons. The quantitative estimate of drug-likeness (QED) is 0.870. The molecule has 0 unspecified atom stereocenters. The molecule has 5 rings (SSSR count). The van der Waals surface area contributed by atoms with Crippen LogP contribution in [0, 0.1) is 0 Å². The molecule has 8 nitrogen and oxygen atoms in total. The van der Waals surface area contributed by atoms with Crippen molar-refractivity contribution >= 4 is 5.91 Å². The van der Waals surface area contributed by atoms with Crippen LogP contribution in [0.2, 0.25) is 0 Å². The summed E-state index contributed by atoms with van der Waals surface area (Å²) in [5, 5.41) is 12.1. The van der Waals surface area contributed by atoms with Crippen molar-refractivity contribution in [3.8, 4) is 0 Å². The van der Waals surface area contributed by atoms with Gasteiger partial charge < -0.3 is 9.64 Å². The molecule has 1 amide bonds. The zero-order valence-corrected chi connectivity index (χ0v) is 14.9. The van der Waals surface area contributed by atoms with E-state index in [9.17, 15) is 4.79 Å². The number of carbonyl (C=O) groups excluding carboxylic acids is 1. The Labute approximate surface area is 151 Å². The molecular weight excluding hydrogens is 332 g/mol. The average Bonchev–Trinajstić information content (AvgIpc) is 3.35. The molecule has 1 aliphatic carbocycles. The summed E-state index contributed by atoms with van der Waals surface area (Å²) in [5.41, 5.74) is 2.88. The molecule has 0 atom stereocenters. The molecule has 8 heteroatoms. The van der Waals surface area contributed by atoms with E-state index in [4.69, 9.17) is 14.8 Å². The summed E-state index contributed by atoms with van der Waals surface area (Å²) in [6.45, 7) is 3.62. The largest absolute Gasteiger partial charge is 0.381 e. The molecule has 0 spiro atoms. The first-order valence-corrected chi connectivity index (χ1v) is 9.66. The summed E-state index contributed by atoms with van der Waals surface area (Å²) in [7, 11) is 0. The summed E-state index contributed by atoms with van der Waals surface area (Å²) in [4.78, 5) is 19.6. The normalized spacial score (nSPS) is 20.7. The molecule has 3 aliphatic rings. The van der Waals surface area contributed by atoms with Crippen molar-refractivity contribution in [2.45, 2.75) is 51.0 Å². The van der Waals surface area contributed by atoms with Gasteiger partial charge in [-0.2, -0.15) is 10.2 Å². The van der Waals surface area contributed by atoms with Crippen LogP contribution in [-0.4, -0.2) is 62.1 Å². The summed E-state index contributed by atoms with van der Waals surface area (Å²) < 4.78 is 7.43. The van der Waals surface area contributed by atoms with Gasteiger partial charge in [0, 0.05) is 49.9 Å². The molecule has 2 aromatic rings. The number of amides is 1. The molecule has 26 heavy (non-hydrogen) atoms. The number of hydrogen-bond acceptors (Lipinski definition) is 5. The van der Waals surface area contributed by atoms with Crippen LogP contribution in [0.1, 0.15) is 58.6 Å².